The lowest BCUT2D eigenvalue weighted by Crippen LogP contribution is -2.24. The van der Waals surface area contributed by atoms with Gasteiger partial charge in [-0.15, -0.1) is 0 Å². The molecule has 2 aromatic heterocycles. The molecule has 0 bridgehead atoms. The molecule has 1 saturated heterocycles. The number of nitrogen functional groups attached to an aromatic ring is 1. The molecule has 1 fully saturated rings. The second kappa shape index (κ2) is 4.85. The Balaban J connectivity index is 2.05. The zero-order chi connectivity index (χ0) is 13.6. The molecule has 0 radical (unpaired) electrons. The Morgan fingerprint density at radius 1 is 1.53 bits per heavy atom. The normalized spacial score (nSPS) is 27.2. The summed E-state index contributed by atoms with van der Waals surface area (Å²) in [6.07, 6.45) is 2.10. The van der Waals surface area contributed by atoms with E-state index >= 15 is 0 Å². The Hall–Kier alpha value is -0.970. The van der Waals surface area contributed by atoms with Crippen LogP contribution >= 0.6 is 22.6 Å². The quantitative estimate of drug-likeness (QED) is 0.650. The van der Waals surface area contributed by atoms with Crippen LogP contribution in [0, 0.1) is 3.57 Å². The molecular weight excluding hydrogens is 363 g/mol. The second-order valence-corrected chi connectivity index (χ2v) is 5.62. The van der Waals surface area contributed by atoms with E-state index in [1.165, 1.54) is 6.33 Å². The summed E-state index contributed by atoms with van der Waals surface area (Å²) in [6.45, 7) is -0.203. The first-order valence-electron chi connectivity index (χ1n) is 5.82. The van der Waals surface area contributed by atoms with Gasteiger partial charge in [0.1, 0.15) is 30.1 Å². The fourth-order valence-corrected chi connectivity index (χ4v) is 3.15. The highest BCUT2D eigenvalue weighted by Gasteiger charge is 2.35. The van der Waals surface area contributed by atoms with E-state index in [1.54, 1.807) is 0 Å². The van der Waals surface area contributed by atoms with Gasteiger partial charge in [-0.1, -0.05) is 0 Å². The third kappa shape index (κ3) is 2.08. The summed E-state index contributed by atoms with van der Waals surface area (Å²) in [5.41, 5.74) is 6.52. The van der Waals surface area contributed by atoms with Crippen molar-refractivity contribution in [2.75, 3.05) is 12.3 Å². The highest BCUT2D eigenvalue weighted by molar-refractivity contribution is 14.1. The van der Waals surface area contributed by atoms with Gasteiger partial charge < -0.3 is 25.3 Å². The molecule has 1 aliphatic heterocycles. The summed E-state index contributed by atoms with van der Waals surface area (Å²) < 4.78 is 8.38. The Kier molecular flexibility index (Phi) is 3.33. The van der Waals surface area contributed by atoms with Crippen molar-refractivity contribution in [3.63, 3.8) is 0 Å². The lowest BCUT2D eigenvalue weighted by Gasteiger charge is -2.14. The zero-order valence-electron chi connectivity index (χ0n) is 9.90. The first kappa shape index (κ1) is 13.0. The minimum absolute atomic E-state index is 0.203. The van der Waals surface area contributed by atoms with Crippen LogP contribution in [0.15, 0.2) is 12.5 Å². The van der Waals surface area contributed by atoms with Crippen LogP contribution in [0.1, 0.15) is 12.6 Å². The van der Waals surface area contributed by atoms with Crippen LogP contribution in [0.3, 0.4) is 0 Å². The molecule has 8 heteroatoms. The topological polar surface area (TPSA) is 106 Å². The van der Waals surface area contributed by atoms with Crippen LogP contribution in [0.25, 0.3) is 11.0 Å². The summed E-state index contributed by atoms with van der Waals surface area (Å²) in [4.78, 5) is 8.20. The van der Waals surface area contributed by atoms with Crippen molar-refractivity contribution in [1.29, 1.82) is 0 Å². The summed E-state index contributed by atoms with van der Waals surface area (Å²) in [6, 6.07) is 0. The minimum Gasteiger partial charge on any atom is -0.394 e. The summed E-state index contributed by atoms with van der Waals surface area (Å²) in [5.74, 6) is 0.422. The molecule has 3 atom stereocenters. The first-order valence-corrected chi connectivity index (χ1v) is 6.90. The van der Waals surface area contributed by atoms with Crippen LogP contribution < -0.4 is 5.73 Å². The van der Waals surface area contributed by atoms with Gasteiger partial charge in [0, 0.05) is 16.2 Å². The van der Waals surface area contributed by atoms with Crippen molar-refractivity contribution in [1.82, 2.24) is 14.5 Å². The van der Waals surface area contributed by atoms with Crippen LogP contribution in [0.5, 0.6) is 0 Å². The van der Waals surface area contributed by atoms with E-state index in [1.807, 2.05) is 10.8 Å². The van der Waals surface area contributed by atoms with Crippen molar-refractivity contribution in [2.45, 2.75) is 24.9 Å². The van der Waals surface area contributed by atoms with Crippen molar-refractivity contribution in [3.05, 3.63) is 16.1 Å². The molecule has 3 heterocycles. The van der Waals surface area contributed by atoms with E-state index < -0.39 is 12.2 Å². The van der Waals surface area contributed by atoms with E-state index in [0.29, 0.717) is 17.9 Å². The van der Waals surface area contributed by atoms with Gasteiger partial charge in [0.05, 0.1) is 18.1 Å². The molecule has 7 nitrogen and oxygen atoms in total. The van der Waals surface area contributed by atoms with Crippen molar-refractivity contribution >= 4 is 39.4 Å². The van der Waals surface area contributed by atoms with Gasteiger partial charge in [-0.2, -0.15) is 0 Å². The number of aromatic nitrogens is 3. The third-order valence-electron chi connectivity index (χ3n) is 3.29. The van der Waals surface area contributed by atoms with Gasteiger partial charge in [-0.05, 0) is 22.6 Å². The van der Waals surface area contributed by atoms with Crippen LogP contribution in [-0.2, 0) is 4.74 Å². The van der Waals surface area contributed by atoms with Gasteiger partial charge in [0.15, 0.2) is 0 Å². The second-order valence-electron chi connectivity index (χ2n) is 4.46. The van der Waals surface area contributed by atoms with Crippen LogP contribution in [0.4, 0.5) is 5.82 Å². The van der Waals surface area contributed by atoms with E-state index in [9.17, 15) is 5.11 Å². The number of aliphatic hydroxyl groups is 2. The number of hydrogen-bond donors (Lipinski definition) is 3. The average molecular weight is 376 g/mol. The maximum absolute atomic E-state index is 9.80. The SMILES string of the molecule is Nc1ncnc2c1c(I)cn2[C@@H]1C[C@H](O)[C@@H](CO)O1. The first-order chi connectivity index (χ1) is 9.11. The molecule has 0 aliphatic carbocycles. The summed E-state index contributed by atoms with van der Waals surface area (Å²) in [7, 11) is 0. The van der Waals surface area contributed by atoms with Crippen molar-refractivity contribution in [3.8, 4) is 0 Å². The number of anilines is 1. The van der Waals surface area contributed by atoms with Gasteiger partial charge in [0.25, 0.3) is 0 Å². The van der Waals surface area contributed by atoms with Gasteiger partial charge in [0.2, 0.25) is 0 Å². The number of nitrogens with zero attached hydrogens (tertiary/aromatic N) is 3. The largest absolute Gasteiger partial charge is 0.394 e. The summed E-state index contributed by atoms with van der Waals surface area (Å²) >= 11 is 2.16. The van der Waals surface area contributed by atoms with Gasteiger partial charge >= 0.3 is 0 Å². The Morgan fingerprint density at radius 2 is 2.32 bits per heavy atom. The van der Waals surface area contributed by atoms with E-state index in [2.05, 4.69) is 32.6 Å². The highest BCUT2D eigenvalue weighted by Crippen LogP contribution is 2.34. The summed E-state index contributed by atoms with van der Waals surface area (Å²) in [5, 5.41) is 19.7. The number of nitrogens with two attached hydrogens (primary N) is 1. The molecule has 0 spiro atoms. The predicted octanol–water partition coefficient (Wildman–Crippen LogP) is 0.259. The monoisotopic (exact) mass is 376 g/mol. The number of hydrogen-bond acceptors (Lipinski definition) is 6. The van der Waals surface area contributed by atoms with E-state index in [-0.39, 0.29) is 12.8 Å². The molecule has 3 rings (SSSR count). The molecule has 0 saturated carbocycles. The Morgan fingerprint density at radius 3 is 3.00 bits per heavy atom. The van der Waals surface area contributed by atoms with Crippen molar-refractivity contribution < 1.29 is 14.9 Å². The fourth-order valence-electron chi connectivity index (χ4n) is 2.33. The molecule has 0 amide bonds. The lowest BCUT2D eigenvalue weighted by atomic mass is 10.2. The van der Waals surface area contributed by atoms with E-state index in [4.69, 9.17) is 15.6 Å². The fraction of sp³-hybridized carbons (Fsp3) is 0.455. The Bertz CT molecular complexity index is 617. The minimum atomic E-state index is -0.677. The average Bonchev–Trinajstić information content (AvgIpc) is 2.91. The molecular formula is C11H13IN4O3. The number of ether oxygens (including phenoxy) is 1. The molecule has 1 aliphatic rings. The number of halogens is 1. The van der Waals surface area contributed by atoms with Crippen LogP contribution in [-0.4, -0.2) is 43.6 Å². The Labute approximate surface area is 122 Å². The maximum Gasteiger partial charge on any atom is 0.148 e. The number of aliphatic hydroxyl groups excluding tert-OH is 2. The molecule has 102 valence electrons. The third-order valence-corrected chi connectivity index (χ3v) is 4.10. The standard InChI is InChI=1S/C11H13IN4O3/c12-5-2-16(8-1-6(18)7(3-17)19-8)11-9(5)10(13)14-4-15-11/h2,4,6-8,17-18H,1,3H2,(H2,13,14,15)/t6-,7+,8-/m0/s1. The molecule has 2 aromatic rings. The zero-order valence-corrected chi connectivity index (χ0v) is 12.1. The van der Waals surface area contributed by atoms with Gasteiger partial charge in [-0.25, -0.2) is 9.97 Å². The van der Waals surface area contributed by atoms with E-state index in [0.717, 1.165) is 8.96 Å². The van der Waals surface area contributed by atoms with Crippen LogP contribution in [0.2, 0.25) is 0 Å². The number of fused-ring (bicyclic) bond motifs is 1. The molecule has 0 unspecified atom stereocenters. The molecule has 0 aromatic carbocycles. The lowest BCUT2D eigenvalue weighted by molar-refractivity contribution is -0.0430. The smallest absolute Gasteiger partial charge is 0.148 e. The number of rotatable bonds is 2. The van der Waals surface area contributed by atoms with Gasteiger partial charge in [-0.3, -0.25) is 0 Å². The molecule has 4 N–H and O–H groups in total. The predicted molar refractivity (Wildman–Crippen MR) is 76.3 cm³/mol. The highest BCUT2D eigenvalue weighted by atomic mass is 127. The maximum atomic E-state index is 9.80. The molecule has 19 heavy (non-hydrogen) atoms. The van der Waals surface area contributed by atoms with Crippen molar-refractivity contribution in [2.24, 2.45) is 0 Å².